The first kappa shape index (κ1) is 9.74. The lowest BCUT2D eigenvalue weighted by Gasteiger charge is -2.14. The van der Waals surface area contributed by atoms with E-state index in [0.717, 1.165) is 31.1 Å². The summed E-state index contributed by atoms with van der Waals surface area (Å²) in [6.07, 6.45) is 1.42. The van der Waals surface area contributed by atoms with E-state index in [-0.39, 0.29) is 0 Å². The molecule has 3 heteroatoms. The molecule has 0 bridgehead atoms. The van der Waals surface area contributed by atoms with E-state index in [9.17, 15) is 0 Å². The van der Waals surface area contributed by atoms with Crippen LogP contribution in [-0.4, -0.2) is 18.8 Å². The summed E-state index contributed by atoms with van der Waals surface area (Å²) in [5.74, 6) is 1.97. The molecule has 78 valence electrons. The van der Waals surface area contributed by atoms with E-state index in [1.54, 1.807) is 0 Å². The molecular weight excluding hydrogens is 178 g/mol. The maximum Gasteiger partial charge on any atom is 0.117 e. The second-order valence-corrected chi connectivity index (χ2v) is 3.86. The first-order valence-electron chi connectivity index (χ1n) is 5.16. The van der Waals surface area contributed by atoms with Gasteiger partial charge in [0.2, 0.25) is 0 Å². The van der Waals surface area contributed by atoms with Crippen molar-refractivity contribution in [3.05, 3.63) is 23.7 Å². The lowest BCUT2D eigenvalue weighted by Crippen LogP contribution is -2.33. The Labute approximate surface area is 84.4 Å². The van der Waals surface area contributed by atoms with Crippen molar-refractivity contribution in [1.82, 2.24) is 5.32 Å². The summed E-state index contributed by atoms with van der Waals surface area (Å²) in [6.45, 7) is 5.74. The molecule has 0 saturated carbocycles. The highest BCUT2D eigenvalue weighted by Gasteiger charge is 2.23. The van der Waals surface area contributed by atoms with Gasteiger partial charge in [0.1, 0.15) is 11.5 Å². The Hall–Kier alpha value is -0.800. The third-order valence-electron chi connectivity index (χ3n) is 2.71. The second kappa shape index (κ2) is 4.15. The van der Waals surface area contributed by atoms with Crippen LogP contribution in [0.1, 0.15) is 24.9 Å². The molecule has 1 aromatic rings. The first-order chi connectivity index (χ1) is 6.75. The zero-order valence-electron chi connectivity index (χ0n) is 8.75. The van der Waals surface area contributed by atoms with E-state index in [1.807, 2.05) is 19.1 Å². The molecule has 2 atom stereocenters. The molecule has 2 heterocycles. The average molecular weight is 195 g/mol. The van der Waals surface area contributed by atoms with Gasteiger partial charge in [-0.1, -0.05) is 0 Å². The number of hydrogen-bond acceptors (Lipinski definition) is 3. The number of aryl methyl sites for hydroxylation is 1. The molecule has 3 nitrogen and oxygen atoms in total. The topological polar surface area (TPSA) is 34.4 Å². The Morgan fingerprint density at radius 3 is 2.93 bits per heavy atom. The van der Waals surface area contributed by atoms with Gasteiger partial charge in [-0.05, 0) is 32.4 Å². The van der Waals surface area contributed by atoms with Gasteiger partial charge in [0.05, 0.1) is 12.6 Å². The Morgan fingerprint density at radius 2 is 2.36 bits per heavy atom. The zero-order chi connectivity index (χ0) is 9.97. The Kier molecular flexibility index (Phi) is 2.89. The molecule has 0 spiro atoms. The van der Waals surface area contributed by atoms with E-state index in [0.29, 0.717) is 12.1 Å². The van der Waals surface area contributed by atoms with Gasteiger partial charge in [0.15, 0.2) is 0 Å². The number of nitrogens with one attached hydrogen (secondary N) is 1. The van der Waals surface area contributed by atoms with Gasteiger partial charge in [0, 0.05) is 12.6 Å². The average Bonchev–Trinajstić information content (AvgIpc) is 2.72. The number of ether oxygens (including phenoxy) is 1. The predicted octanol–water partition coefficient (Wildman–Crippen LogP) is 1.86. The summed E-state index contributed by atoms with van der Waals surface area (Å²) >= 11 is 0. The molecular formula is C11H17NO2. The van der Waals surface area contributed by atoms with Crippen molar-refractivity contribution < 1.29 is 9.15 Å². The molecule has 0 aromatic carbocycles. The molecule has 0 amide bonds. The summed E-state index contributed by atoms with van der Waals surface area (Å²) in [6, 6.07) is 4.48. The standard InChI is InChI=1S/C11H17NO2/c1-8-3-4-10(14-8)7-12-11-5-6-13-9(11)2/h3-4,9,11-12H,5-7H2,1-2H3. The highest BCUT2D eigenvalue weighted by Crippen LogP contribution is 2.14. The smallest absolute Gasteiger partial charge is 0.117 e. The van der Waals surface area contributed by atoms with Gasteiger partial charge in [-0.2, -0.15) is 0 Å². The fraction of sp³-hybridized carbons (Fsp3) is 0.636. The third-order valence-corrected chi connectivity index (χ3v) is 2.71. The fourth-order valence-electron chi connectivity index (χ4n) is 1.81. The number of furan rings is 1. The molecule has 1 saturated heterocycles. The van der Waals surface area contributed by atoms with E-state index in [2.05, 4.69) is 12.2 Å². The number of hydrogen-bond donors (Lipinski definition) is 1. The summed E-state index contributed by atoms with van der Waals surface area (Å²) in [4.78, 5) is 0. The molecule has 1 fully saturated rings. The van der Waals surface area contributed by atoms with Crippen molar-refractivity contribution in [2.75, 3.05) is 6.61 Å². The SMILES string of the molecule is Cc1ccc(CNC2CCOC2C)o1. The second-order valence-electron chi connectivity index (χ2n) is 3.86. The van der Waals surface area contributed by atoms with Crippen LogP contribution in [0.4, 0.5) is 0 Å². The Morgan fingerprint density at radius 1 is 1.50 bits per heavy atom. The summed E-state index contributed by atoms with van der Waals surface area (Å²) in [5, 5.41) is 3.44. The van der Waals surface area contributed by atoms with Crippen LogP contribution in [0.2, 0.25) is 0 Å². The van der Waals surface area contributed by atoms with Crippen molar-refractivity contribution in [3.8, 4) is 0 Å². The molecule has 2 rings (SSSR count). The first-order valence-corrected chi connectivity index (χ1v) is 5.16. The molecule has 14 heavy (non-hydrogen) atoms. The highest BCUT2D eigenvalue weighted by molar-refractivity contribution is 5.05. The molecule has 0 aliphatic carbocycles. The largest absolute Gasteiger partial charge is 0.465 e. The van der Waals surface area contributed by atoms with Crippen LogP contribution in [0.3, 0.4) is 0 Å². The number of rotatable bonds is 3. The van der Waals surface area contributed by atoms with Crippen LogP contribution in [0.15, 0.2) is 16.5 Å². The minimum Gasteiger partial charge on any atom is -0.465 e. The molecule has 1 aliphatic heterocycles. The van der Waals surface area contributed by atoms with Gasteiger partial charge in [-0.25, -0.2) is 0 Å². The molecule has 1 aliphatic rings. The third kappa shape index (κ3) is 2.16. The van der Waals surface area contributed by atoms with Crippen LogP contribution in [0.25, 0.3) is 0 Å². The van der Waals surface area contributed by atoms with Crippen molar-refractivity contribution in [3.63, 3.8) is 0 Å². The minimum atomic E-state index is 0.325. The normalized spacial score (nSPS) is 27.0. The lowest BCUT2D eigenvalue weighted by atomic mass is 10.1. The van der Waals surface area contributed by atoms with E-state index in [1.165, 1.54) is 0 Å². The minimum absolute atomic E-state index is 0.325. The van der Waals surface area contributed by atoms with Gasteiger partial charge < -0.3 is 14.5 Å². The van der Waals surface area contributed by atoms with E-state index < -0.39 is 0 Å². The molecule has 1 N–H and O–H groups in total. The van der Waals surface area contributed by atoms with Crippen molar-refractivity contribution in [1.29, 1.82) is 0 Å². The van der Waals surface area contributed by atoms with Crippen LogP contribution < -0.4 is 5.32 Å². The fourth-order valence-corrected chi connectivity index (χ4v) is 1.81. The van der Waals surface area contributed by atoms with Crippen molar-refractivity contribution in [2.24, 2.45) is 0 Å². The Bertz CT molecular complexity index is 295. The molecule has 2 unspecified atom stereocenters. The van der Waals surface area contributed by atoms with Crippen molar-refractivity contribution >= 4 is 0 Å². The molecule has 0 radical (unpaired) electrons. The van der Waals surface area contributed by atoms with Crippen LogP contribution in [0.5, 0.6) is 0 Å². The van der Waals surface area contributed by atoms with Gasteiger partial charge >= 0.3 is 0 Å². The molecule has 1 aromatic heterocycles. The van der Waals surface area contributed by atoms with Crippen LogP contribution >= 0.6 is 0 Å². The quantitative estimate of drug-likeness (QED) is 0.799. The zero-order valence-corrected chi connectivity index (χ0v) is 8.75. The van der Waals surface area contributed by atoms with Gasteiger partial charge in [-0.3, -0.25) is 0 Å². The summed E-state index contributed by atoms with van der Waals surface area (Å²) in [5.41, 5.74) is 0. The lowest BCUT2D eigenvalue weighted by molar-refractivity contribution is 0.112. The Balaban J connectivity index is 1.82. The summed E-state index contributed by atoms with van der Waals surface area (Å²) in [7, 11) is 0. The van der Waals surface area contributed by atoms with Crippen LogP contribution in [-0.2, 0) is 11.3 Å². The van der Waals surface area contributed by atoms with Crippen molar-refractivity contribution in [2.45, 2.75) is 39.0 Å². The monoisotopic (exact) mass is 195 g/mol. The maximum atomic E-state index is 5.48. The van der Waals surface area contributed by atoms with E-state index >= 15 is 0 Å². The van der Waals surface area contributed by atoms with E-state index in [4.69, 9.17) is 9.15 Å². The summed E-state index contributed by atoms with van der Waals surface area (Å²) < 4.78 is 10.9. The predicted molar refractivity (Wildman–Crippen MR) is 54.1 cm³/mol. The highest BCUT2D eigenvalue weighted by atomic mass is 16.5. The van der Waals surface area contributed by atoms with Gasteiger partial charge in [-0.15, -0.1) is 0 Å². The van der Waals surface area contributed by atoms with Gasteiger partial charge in [0.25, 0.3) is 0 Å². The van der Waals surface area contributed by atoms with Crippen LogP contribution in [0, 0.1) is 6.92 Å². The maximum absolute atomic E-state index is 5.48.